The van der Waals surface area contributed by atoms with Gasteiger partial charge in [0.2, 0.25) is 0 Å². The number of nitrogens with two attached hydrogens (primary N) is 1. The van der Waals surface area contributed by atoms with E-state index in [1.54, 1.807) is 13.1 Å². The zero-order chi connectivity index (χ0) is 8.97. The predicted octanol–water partition coefficient (Wildman–Crippen LogP) is 1.42. The van der Waals surface area contributed by atoms with Crippen molar-refractivity contribution in [3.05, 3.63) is 35.7 Å². The maximum atomic E-state index is 7.00. The highest BCUT2D eigenvalue weighted by atomic mass is 14.7. The van der Waals surface area contributed by atoms with Crippen LogP contribution in [0.5, 0.6) is 0 Å². The monoisotopic (exact) mass is 161 g/mol. The van der Waals surface area contributed by atoms with Gasteiger partial charge in [-0.1, -0.05) is 6.07 Å². The zero-order valence-electron chi connectivity index (χ0n) is 6.91. The molecule has 1 heterocycles. The molecule has 12 heavy (non-hydrogen) atoms. The molecule has 1 aromatic rings. The Bertz CT molecular complexity index is 301. The lowest BCUT2D eigenvalue weighted by Gasteiger charge is -2.01. The highest BCUT2D eigenvalue weighted by molar-refractivity contribution is 5.86. The Kier molecular flexibility index (Phi) is 2.58. The minimum absolute atomic E-state index is 0.561. The van der Waals surface area contributed by atoms with E-state index in [2.05, 4.69) is 4.98 Å². The van der Waals surface area contributed by atoms with Crippen LogP contribution in [0.1, 0.15) is 12.6 Å². The van der Waals surface area contributed by atoms with Crippen LogP contribution in [0.3, 0.4) is 0 Å². The molecule has 3 heteroatoms. The molecule has 0 aromatic carbocycles. The summed E-state index contributed by atoms with van der Waals surface area (Å²) < 4.78 is 0. The zero-order valence-corrected chi connectivity index (χ0v) is 6.91. The molecule has 1 aromatic heterocycles. The summed E-state index contributed by atoms with van der Waals surface area (Å²) in [5.74, 6) is 0. The molecule has 62 valence electrons. The molecule has 0 amide bonds. The number of nitrogens with one attached hydrogen (secondary N) is 1. The molecular weight excluding hydrogens is 150 g/mol. The van der Waals surface area contributed by atoms with E-state index in [0.29, 0.717) is 5.70 Å². The molecule has 0 fully saturated rings. The first kappa shape index (κ1) is 8.46. The highest BCUT2D eigenvalue weighted by Crippen LogP contribution is 2.07. The van der Waals surface area contributed by atoms with Gasteiger partial charge in [-0.05, 0) is 24.6 Å². The fraction of sp³-hybridized carbons (Fsp3) is 0.111. The average molecular weight is 161 g/mol. The summed E-state index contributed by atoms with van der Waals surface area (Å²) in [5.41, 5.74) is 7.73. The van der Waals surface area contributed by atoms with Gasteiger partial charge in [0.1, 0.15) is 0 Å². The van der Waals surface area contributed by atoms with Crippen LogP contribution in [0, 0.1) is 5.41 Å². The number of aromatic nitrogens is 1. The molecule has 0 spiro atoms. The molecule has 0 saturated heterocycles. The van der Waals surface area contributed by atoms with Crippen molar-refractivity contribution in [1.29, 1.82) is 5.41 Å². The summed E-state index contributed by atoms with van der Waals surface area (Å²) in [6, 6.07) is 5.52. The molecule has 0 aliphatic heterocycles. The SMILES string of the molecule is C/C(C=N)=C(/N)c1ccccn1. The first-order valence-electron chi connectivity index (χ1n) is 3.64. The summed E-state index contributed by atoms with van der Waals surface area (Å²) in [5, 5.41) is 7.00. The van der Waals surface area contributed by atoms with Crippen LogP contribution in [-0.2, 0) is 0 Å². The Morgan fingerprint density at radius 3 is 2.83 bits per heavy atom. The summed E-state index contributed by atoms with van der Waals surface area (Å²) in [6.07, 6.45) is 2.91. The predicted molar refractivity (Wildman–Crippen MR) is 49.8 cm³/mol. The average Bonchev–Trinajstić information content (AvgIpc) is 2.17. The lowest BCUT2D eigenvalue weighted by molar-refractivity contribution is 1.25. The lowest BCUT2D eigenvalue weighted by atomic mass is 10.2. The van der Waals surface area contributed by atoms with Crippen LogP contribution in [0.2, 0.25) is 0 Å². The molecule has 0 aliphatic carbocycles. The van der Waals surface area contributed by atoms with Crippen molar-refractivity contribution in [2.24, 2.45) is 5.73 Å². The molecule has 0 atom stereocenters. The maximum Gasteiger partial charge on any atom is 0.0862 e. The fourth-order valence-electron chi connectivity index (χ4n) is 0.802. The molecular formula is C9H11N3. The van der Waals surface area contributed by atoms with Crippen LogP contribution in [0.15, 0.2) is 30.0 Å². The Morgan fingerprint density at radius 1 is 1.58 bits per heavy atom. The van der Waals surface area contributed by atoms with E-state index >= 15 is 0 Å². The summed E-state index contributed by atoms with van der Waals surface area (Å²) in [6.45, 7) is 1.79. The number of allylic oxidation sites excluding steroid dienone is 1. The normalized spacial score (nSPS) is 12.1. The quantitative estimate of drug-likeness (QED) is 0.644. The maximum absolute atomic E-state index is 7.00. The van der Waals surface area contributed by atoms with Gasteiger partial charge in [0, 0.05) is 12.4 Å². The molecule has 0 bridgehead atoms. The third kappa shape index (κ3) is 1.69. The fourth-order valence-corrected chi connectivity index (χ4v) is 0.802. The molecule has 0 aliphatic rings. The molecule has 3 N–H and O–H groups in total. The summed E-state index contributed by atoms with van der Waals surface area (Å²) in [7, 11) is 0. The Hall–Kier alpha value is -1.64. The summed E-state index contributed by atoms with van der Waals surface area (Å²) >= 11 is 0. The first-order chi connectivity index (χ1) is 5.75. The van der Waals surface area contributed by atoms with E-state index in [-0.39, 0.29) is 0 Å². The number of nitrogens with zero attached hydrogens (tertiary/aromatic N) is 1. The Balaban J connectivity index is 3.08. The highest BCUT2D eigenvalue weighted by Gasteiger charge is 1.98. The van der Waals surface area contributed by atoms with Gasteiger partial charge < -0.3 is 11.1 Å². The van der Waals surface area contributed by atoms with Gasteiger partial charge in [-0.2, -0.15) is 0 Å². The van der Waals surface area contributed by atoms with Gasteiger partial charge in [0.05, 0.1) is 11.4 Å². The van der Waals surface area contributed by atoms with Crippen LogP contribution in [0.4, 0.5) is 0 Å². The van der Waals surface area contributed by atoms with Crippen molar-refractivity contribution in [2.45, 2.75) is 6.92 Å². The van der Waals surface area contributed by atoms with Crippen molar-refractivity contribution in [1.82, 2.24) is 4.98 Å². The summed E-state index contributed by atoms with van der Waals surface area (Å²) in [4.78, 5) is 4.06. The molecule has 1 rings (SSSR count). The van der Waals surface area contributed by atoms with Crippen LogP contribution in [-0.4, -0.2) is 11.2 Å². The van der Waals surface area contributed by atoms with Crippen molar-refractivity contribution in [3.8, 4) is 0 Å². The van der Waals surface area contributed by atoms with Crippen LogP contribution in [0.25, 0.3) is 5.70 Å². The van der Waals surface area contributed by atoms with E-state index < -0.39 is 0 Å². The number of pyridine rings is 1. The molecule has 0 radical (unpaired) electrons. The van der Waals surface area contributed by atoms with Crippen molar-refractivity contribution in [3.63, 3.8) is 0 Å². The molecule has 0 saturated carbocycles. The van der Waals surface area contributed by atoms with Gasteiger partial charge in [-0.3, -0.25) is 4.98 Å². The number of rotatable bonds is 2. The van der Waals surface area contributed by atoms with Crippen molar-refractivity contribution >= 4 is 11.9 Å². The minimum atomic E-state index is 0.561. The van der Waals surface area contributed by atoms with E-state index in [1.165, 1.54) is 6.21 Å². The Labute approximate surface area is 71.4 Å². The second kappa shape index (κ2) is 3.67. The second-order valence-corrected chi connectivity index (χ2v) is 2.46. The van der Waals surface area contributed by atoms with E-state index in [9.17, 15) is 0 Å². The van der Waals surface area contributed by atoms with Crippen LogP contribution < -0.4 is 5.73 Å². The number of hydrogen-bond donors (Lipinski definition) is 2. The van der Waals surface area contributed by atoms with Gasteiger partial charge >= 0.3 is 0 Å². The largest absolute Gasteiger partial charge is 0.397 e. The van der Waals surface area contributed by atoms with Gasteiger partial charge in [-0.15, -0.1) is 0 Å². The number of hydrogen-bond acceptors (Lipinski definition) is 3. The van der Waals surface area contributed by atoms with Gasteiger partial charge in [-0.25, -0.2) is 0 Å². The topological polar surface area (TPSA) is 62.8 Å². The van der Waals surface area contributed by atoms with E-state index in [0.717, 1.165) is 11.3 Å². The van der Waals surface area contributed by atoms with Gasteiger partial charge in [0.25, 0.3) is 0 Å². The van der Waals surface area contributed by atoms with Crippen LogP contribution >= 0.6 is 0 Å². The first-order valence-corrected chi connectivity index (χ1v) is 3.64. The Morgan fingerprint density at radius 2 is 2.33 bits per heavy atom. The third-order valence-electron chi connectivity index (χ3n) is 1.58. The van der Waals surface area contributed by atoms with Crippen molar-refractivity contribution < 1.29 is 0 Å². The molecule has 3 nitrogen and oxygen atoms in total. The second-order valence-electron chi connectivity index (χ2n) is 2.46. The molecule has 0 unspecified atom stereocenters. The standard InChI is InChI=1S/C9H11N3/c1-7(6-10)9(11)8-4-2-3-5-12-8/h2-6,10H,11H2,1H3/b9-7-,10-6?. The third-order valence-corrected chi connectivity index (χ3v) is 1.58. The van der Waals surface area contributed by atoms with Gasteiger partial charge in [0.15, 0.2) is 0 Å². The lowest BCUT2D eigenvalue weighted by Crippen LogP contribution is -2.02. The smallest absolute Gasteiger partial charge is 0.0862 e. The van der Waals surface area contributed by atoms with E-state index in [4.69, 9.17) is 11.1 Å². The van der Waals surface area contributed by atoms with Crippen molar-refractivity contribution in [2.75, 3.05) is 0 Å². The van der Waals surface area contributed by atoms with E-state index in [1.807, 2.05) is 18.2 Å². The minimum Gasteiger partial charge on any atom is -0.397 e.